The molecule has 0 radical (unpaired) electrons. The van der Waals surface area contributed by atoms with E-state index in [1.807, 2.05) is 12.1 Å². The monoisotopic (exact) mass is 319 g/mol. The van der Waals surface area contributed by atoms with Crippen LogP contribution in [0.5, 0.6) is 0 Å². The molecule has 0 spiro atoms. The molecule has 0 aliphatic carbocycles. The molecule has 9 heteroatoms. The zero-order valence-electron chi connectivity index (χ0n) is 11.9. The Morgan fingerprint density at radius 2 is 2.27 bits per heavy atom. The normalized spacial score (nSPS) is 18.2. The minimum absolute atomic E-state index is 0.190. The van der Waals surface area contributed by atoms with E-state index in [4.69, 9.17) is 5.73 Å². The minimum atomic E-state index is -0.431. The minimum Gasteiger partial charge on any atom is -0.364 e. The third-order valence-electron chi connectivity index (χ3n) is 3.57. The highest BCUT2D eigenvalue weighted by Gasteiger charge is 2.30. The van der Waals surface area contributed by atoms with Crippen molar-refractivity contribution >= 4 is 23.6 Å². The number of amides is 2. The van der Waals surface area contributed by atoms with Gasteiger partial charge in [-0.25, -0.2) is 4.79 Å². The molecule has 22 heavy (non-hydrogen) atoms. The molecule has 1 atom stereocenters. The summed E-state index contributed by atoms with van der Waals surface area (Å²) in [4.78, 5) is 17.2. The van der Waals surface area contributed by atoms with Gasteiger partial charge in [-0.1, -0.05) is 0 Å². The number of anilines is 1. The summed E-state index contributed by atoms with van der Waals surface area (Å²) in [5, 5.41) is 6.53. The van der Waals surface area contributed by atoms with Gasteiger partial charge in [0.25, 0.3) is 0 Å². The Labute approximate surface area is 132 Å². The van der Waals surface area contributed by atoms with Crippen LogP contribution in [0.3, 0.4) is 0 Å². The summed E-state index contributed by atoms with van der Waals surface area (Å²) < 4.78 is 8.65. The fourth-order valence-corrected chi connectivity index (χ4v) is 3.01. The van der Waals surface area contributed by atoms with Gasteiger partial charge in [0.05, 0.1) is 17.8 Å². The van der Waals surface area contributed by atoms with Crippen molar-refractivity contribution in [2.24, 2.45) is 5.73 Å². The number of urea groups is 1. The van der Waals surface area contributed by atoms with Crippen molar-refractivity contribution in [1.29, 1.82) is 0 Å². The molecule has 1 fully saturated rings. The number of carbonyl (C=O) groups excluding carboxylic acids is 1. The van der Waals surface area contributed by atoms with Crippen LogP contribution >= 0.6 is 11.7 Å². The molecule has 2 aromatic rings. The van der Waals surface area contributed by atoms with Crippen molar-refractivity contribution in [3.8, 4) is 0 Å². The lowest BCUT2D eigenvalue weighted by Crippen LogP contribution is -2.50. The molecule has 1 saturated heterocycles. The number of aromatic nitrogens is 3. The molecule has 1 unspecified atom stereocenters. The third-order valence-corrected chi connectivity index (χ3v) is 4.11. The molecule has 2 aromatic heterocycles. The van der Waals surface area contributed by atoms with E-state index in [1.165, 1.54) is 0 Å². The lowest BCUT2D eigenvalue weighted by atomic mass is 10.1. The van der Waals surface area contributed by atoms with Gasteiger partial charge in [0.1, 0.15) is 5.69 Å². The van der Waals surface area contributed by atoms with Gasteiger partial charge in [-0.05, 0) is 17.7 Å². The highest BCUT2D eigenvalue weighted by atomic mass is 32.1. The highest BCUT2D eigenvalue weighted by Crippen LogP contribution is 2.27. The maximum absolute atomic E-state index is 11.6. The Hall–Kier alpha value is -2.26. The zero-order chi connectivity index (χ0) is 15.4. The summed E-state index contributed by atoms with van der Waals surface area (Å²) in [5.74, 6) is 0.696. The summed E-state index contributed by atoms with van der Waals surface area (Å²) in [5.41, 5.74) is 7.32. The Balaban J connectivity index is 1.75. The van der Waals surface area contributed by atoms with Crippen LogP contribution in [0.1, 0.15) is 17.3 Å². The van der Waals surface area contributed by atoms with Crippen LogP contribution in [-0.4, -0.2) is 44.3 Å². The van der Waals surface area contributed by atoms with E-state index in [1.54, 1.807) is 17.3 Å². The molecule has 2 amide bonds. The summed E-state index contributed by atoms with van der Waals surface area (Å²) in [7, 11) is 0. The first kappa shape index (κ1) is 14.7. The molecule has 3 heterocycles. The van der Waals surface area contributed by atoms with Crippen molar-refractivity contribution in [3.63, 3.8) is 0 Å². The number of carbonyl (C=O) groups is 1. The van der Waals surface area contributed by atoms with E-state index in [0.29, 0.717) is 25.5 Å². The SMILES string of the molecule is NC(=O)N1CCNCC1c1nsnc1NCc1ccncc1. The number of rotatable bonds is 4. The Morgan fingerprint density at radius 3 is 3.05 bits per heavy atom. The predicted molar refractivity (Wildman–Crippen MR) is 83.4 cm³/mol. The number of hydrogen-bond acceptors (Lipinski definition) is 7. The summed E-state index contributed by atoms with van der Waals surface area (Å²) in [6.45, 7) is 2.55. The van der Waals surface area contributed by atoms with Gasteiger partial charge < -0.3 is 21.3 Å². The van der Waals surface area contributed by atoms with Crippen molar-refractivity contribution in [2.75, 3.05) is 25.0 Å². The molecule has 1 aliphatic rings. The summed E-state index contributed by atoms with van der Waals surface area (Å²) in [6.07, 6.45) is 3.49. The number of nitrogens with two attached hydrogens (primary N) is 1. The Kier molecular flexibility index (Phi) is 4.45. The number of hydrogen-bond donors (Lipinski definition) is 3. The molecule has 0 saturated carbocycles. The first-order chi connectivity index (χ1) is 10.8. The molecular formula is C13H17N7OS. The van der Waals surface area contributed by atoms with E-state index < -0.39 is 6.03 Å². The predicted octanol–water partition coefficient (Wildman–Crippen LogP) is 0.570. The van der Waals surface area contributed by atoms with Crippen LogP contribution in [0, 0.1) is 0 Å². The van der Waals surface area contributed by atoms with Crippen molar-refractivity contribution in [3.05, 3.63) is 35.8 Å². The van der Waals surface area contributed by atoms with Gasteiger partial charge in [-0.3, -0.25) is 4.98 Å². The molecule has 0 bridgehead atoms. The average molecular weight is 319 g/mol. The molecule has 1 aliphatic heterocycles. The van der Waals surface area contributed by atoms with Crippen molar-refractivity contribution < 1.29 is 4.79 Å². The first-order valence-electron chi connectivity index (χ1n) is 6.97. The number of primary amides is 1. The van der Waals surface area contributed by atoms with Gasteiger partial charge in [-0.2, -0.15) is 8.75 Å². The smallest absolute Gasteiger partial charge is 0.315 e. The van der Waals surface area contributed by atoms with Crippen LogP contribution in [0.25, 0.3) is 0 Å². The first-order valence-corrected chi connectivity index (χ1v) is 7.71. The maximum atomic E-state index is 11.6. The fraction of sp³-hybridized carbons (Fsp3) is 0.385. The van der Waals surface area contributed by atoms with Gasteiger partial charge in [0, 0.05) is 38.6 Å². The van der Waals surface area contributed by atoms with Crippen molar-refractivity contribution in [2.45, 2.75) is 12.6 Å². The molecule has 8 nitrogen and oxygen atoms in total. The third kappa shape index (κ3) is 3.15. The topological polar surface area (TPSA) is 109 Å². The van der Waals surface area contributed by atoms with Gasteiger partial charge in [-0.15, -0.1) is 0 Å². The Bertz CT molecular complexity index is 632. The van der Waals surface area contributed by atoms with Gasteiger partial charge in [0.15, 0.2) is 5.82 Å². The second kappa shape index (κ2) is 6.67. The number of nitrogens with one attached hydrogen (secondary N) is 2. The molecule has 0 aromatic carbocycles. The molecule has 116 valence electrons. The lowest BCUT2D eigenvalue weighted by Gasteiger charge is -2.34. The van der Waals surface area contributed by atoms with E-state index in [0.717, 1.165) is 29.5 Å². The van der Waals surface area contributed by atoms with E-state index in [9.17, 15) is 4.79 Å². The highest BCUT2D eigenvalue weighted by molar-refractivity contribution is 6.99. The van der Waals surface area contributed by atoms with E-state index >= 15 is 0 Å². The van der Waals surface area contributed by atoms with Crippen molar-refractivity contribution in [1.82, 2.24) is 23.9 Å². The number of nitrogens with zero attached hydrogens (tertiary/aromatic N) is 4. The standard InChI is InChI=1S/C13H17N7OS/c14-13(21)20-6-5-16-8-10(20)11-12(19-22-18-11)17-7-9-1-3-15-4-2-9/h1-4,10,16H,5-8H2,(H2,14,21)(H,17,19). The number of piperazine rings is 1. The zero-order valence-corrected chi connectivity index (χ0v) is 12.7. The van der Waals surface area contributed by atoms with Crippen LogP contribution in [0.4, 0.5) is 10.6 Å². The molecular weight excluding hydrogens is 302 g/mol. The fourth-order valence-electron chi connectivity index (χ4n) is 2.44. The molecule has 3 rings (SSSR count). The lowest BCUT2D eigenvalue weighted by molar-refractivity contribution is 0.166. The number of pyridine rings is 1. The maximum Gasteiger partial charge on any atom is 0.315 e. The van der Waals surface area contributed by atoms with Crippen LogP contribution in [0.15, 0.2) is 24.5 Å². The van der Waals surface area contributed by atoms with Gasteiger partial charge in [0.2, 0.25) is 0 Å². The second-order valence-electron chi connectivity index (χ2n) is 4.96. The van der Waals surface area contributed by atoms with E-state index in [2.05, 4.69) is 24.4 Å². The quantitative estimate of drug-likeness (QED) is 0.760. The van der Waals surface area contributed by atoms with E-state index in [-0.39, 0.29) is 6.04 Å². The van der Waals surface area contributed by atoms with Crippen LogP contribution in [0.2, 0.25) is 0 Å². The Morgan fingerprint density at radius 1 is 1.45 bits per heavy atom. The summed E-state index contributed by atoms with van der Waals surface area (Å²) >= 11 is 1.13. The van der Waals surface area contributed by atoms with Crippen LogP contribution < -0.4 is 16.4 Å². The second-order valence-corrected chi connectivity index (χ2v) is 5.49. The van der Waals surface area contributed by atoms with Gasteiger partial charge >= 0.3 is 6.03 Å². The summed E-state index contributed by atoms with van der Waals surface area (Å²) in [6, 6.07) is 3.25. The van der Waals surface area contributed by atoms with Crippen LogP contribution in [-0.2, 0) is 6.54 Å². The molecule has 4 N–H and O–H groups in total. The largest absolute Gasteiger partial charge is 0.364 e. The average Bonchev–Trinajstić information content (AvgIpc) is 3.02.